The van der Waals surface area contributed by atoms with Crippen molar-refractivity contribution in [2.45, 2.75) is 0 Å². The molecule has 66 valence electrons. The molecule has 0 spiro atoms. The molecule has 0 N–H and O–H groups in total. The average Bonchev–Trinajstić information content (AvgIpc) is 2.51. The van der Waals surface area contributed by atoms with Crippen LogP contribution in [0.2, 0.25) is 5.02 Å². The second-order valence-electron chi connectivity index (χ2n) is 2.52. The Morgan fingerprint density at radius 2 is 2.23 bits per heavy atom. The van der Waals surface area contributed by atoms with Crippen LogP contribution in [0.4, 0.5) is 0 Å². The Balaban J connectivity index is 2.53. The van der Waals surface area contributed by atoms with E-state index < -0.39 is 0 Å². The molecule has 0 bridgehead atoms. The van der Waals surface area contributed by atoms with Crippen LogP contribution in [-0.2, 0) is 0 Å². The van der Waals surface area contributed by atoms with Gasteiger partial charge in [0.25, 0.3) is 0 Å². The standard InChI is InChI=1S/C9H5BrClNO/c10-7-3-1-2-6(4-7)9-8(11)5-13-12-9/h1-5H. The van der Waals surface area contributed by atoms with Gasteiger partial charge in [0.15, 0.2) is 0 Å². The molecular formula is C9H5BrClNO. The SMILES string of the molecule is Clc1conc1-c1cccc(Br)c1. The van der Waals surface area contributed by atoms with E-state index in [1.165, 1.54) is 6.26 Å². The molecule has 2 rings (SSSR count). The molecule has 0 aliphatic carbocycles. The summed E-state index contributed by atoms with van der Waals surface area (Å²) in [5.74, 6) is 0. The van der Waals surface area contributed by atoms with Crippen LogP contribution in [0.5, 0.6) is 0 Å². The van der Waals surface area contributed by atoms with Gasteiger partial charge in [-0.2, -0.15) is 0 Å². The first-order valence-electron chi connectivity index (χ1n) is 3.63. The van der Waals surface area contributed by atoms with Gasteiger partial charge in [0, 0.05) is 10.0 Å². The van der Waals surface area contributed by atoms with E-state index in [0.717, 1.165) is 10.0 Å². The molecule has 2 aromatic rings. The van der Waals surface area contributed by atoms with Gasteiger partial charge >= 0.3 is 0 Å². The van der Waals surface area contributed by atoms with Crippen molar-refractivity contribution in [2.24, 2.45) is 0 Å². The molecule has 13 heavy (non-hydrogen) atoms. The Morgan fingerprint density at radius 3 is 2.85 bits per heavy atom. The maximum Gasteiger partial charge on any atom is 0.143 e. The molecule has 0 radical (unpaired) electrons. The lowest BCUT2D eigenvalue weighted by Crippen LogP contribution is -1.77. The third-order valence-electron chi connectivity index (χ3n) is 1.62. The summed E-state index contributed by atoms with van der Waals surface area (Å²) in [6.45, 7) is 0. The topological polar surface area (TPSA) is 26.0 Å². The highest BCUT2D eigenvalue weighted by Crippen LogP contribution is 2.27. The number of hydrogen-bond donors (Lipinski definition) is 0. The normalized spacial score (nSPS) is 10.3. The van der Waals surface area contributed by atoms with Gasteiger partial charge in [-0.1, -0.05) is 44.8 Å². The van der Waals surface area contributed by atoms with Gasteiger partial charge in [-0.3, -0.25) is 0 Å². The first kappa shape index (κ1) is 8.78. The molecule has 2 nitrogen and oxygen atoms in total. The zero-order valence-corrected chi connectivity index (χ0v) is 8.84. The molecule has 1 aromatic carbocycles. The number of rotatable bonds is 1. The Labute approximate surface area is 88.6 Å². The monoisotopic (exact) mass is 257 g/mol. The highest BCUT2D eigenvalue weighted by Gasteiger charge is 2.07. The minimum atomic E-state index is 0.526. The van der Waals surface area contributed by atoms with E-state index in [2.05, 4.69) is 21.1 Å². The van der Waals surface area contributed by atoms with Crippen molar-refractivity contribution in [2.75, 3.05) is 0 Å². The number of nitrogens with zero attached hydrogens (tertiary/aromatic N) is 1. The van der Waals surface area contributed by atoms with E-state index in [1.54, 1.807) is 0 Å². The summed E-state index contributed by atoms with van der Waals surface area (Å²) >= 11 is 9.23. The lowest BCUT2D eigenvalue weighted by molar-refractivity contribution is 0.422. The Hall–Kier alpha value is -0.800. The summed E-state index contributed by atoms with van der Waals surface area (Å²) in [7, 11) is 0. The number of benzene rings is 1. The highest BCUT2D eigenvalue weighted by atomic mass is 79.9. The van der Waals surface area contributed by atoms with Gasteiger partial charge in [0.1, 0.15) is 17.0 Å². The fourth-order valence-electron chi connectivity index (χ4n) is 1.05. The van der Waals surface area contributed by atoms with Gasteiger partial charge < -0.3 is 4.52 Å². The van der Waals surface area contributed by atoms with Gasteiger partial charge in [-0.15, -0.1) is 0 Å². The summed E-state index contributed by atoms with van der Waals surface area (Å²) in [6.07, 6.45) is 1.41. The smallest absolute Gasteiger partial charge is 0.143 e. The predicted octanol–water partition coefficient (Wildman–Crippen LogP) is 3.76. The number of hydrogen-bond acceptors (Lipinski definition) is 2. The van der Waals surface area contributed by atoms with Gasteiger partial charge in [-0.05, 0) is 12.1 Å². The minimum absolute atomic E-state index is 0.526. The molecule has 4 heteroatoms. The van der Waals surface area contributed by atoms with Gasteiger partial charge in [-0.25, -0.2) is 0 Å². The van der Waals surface area contributed by atoms with Crippen molar-refractivity contribution in [1.82, 2.24) is 5.16 Å². The molecule has 1 aromatic heterocycles. The van der Waals surface area contributed by atoms with Crippen molar-refractivity contribution < 1.29 is 4.52 Å². The fourth-order valence-corrected chi connectivity index (χ4v) is 1.63. The Kier molecular flexibility index (Phi) is 2.38. The summed E-state index contributed by atoms with van der Waals surface area (Å²) in [4.78, 5) is 0. The fraction of sp³-hybridized carbons (Fsp3) is 0. The quantitative estimate of drug-likeness (QED) is 0.778. The molecule has 0 fully saturated rings. The zero-order chi connectivity index (χ0) is 9.26. The predicted molar refractivity (Wildman–Crippen MR) is 54.6 cm³/mol. The van der Waals surface area contributed by atoms with Crippen LogP contribution in [0.1, 0.15) is 0 Å². The molecule has 0 atom stereocenters. The maximum absolute atomic E-state index is 5.86. The lowest BCUT2D eigenvalue weighted by Gasteiger charge is -1.96. The highest BCUT2D eigenvalue weighted by molar-refractivity contribution is 9.10. The first-order valence-corrected chi connectivity index (χ1v) is 4.80. The van der Waals surface area contributed by atoms with Gasteiger partial charge in [0.2, 0.25) is 0 Å². The van der Waals surface area contributed by atoms with Crippen molar-refractivity contribution in [3.63, 3.8) is 0 Å². The van der Waals surface area contributed by atoms with E-state index in [4.69, 9.17) is 16.1 Å². The van der Waals surface area contributed by atoms with E-state index in [1.807, 2.05) is 24.3 Å². The van der Waals surface area contributed by atoms with E-state index in [9.17, 15) is 0 Å². The maximum atomic E-state index is 5.86. The lowest BCUT2D eigenvalue weighted by atomic mass is 10.2. The summed E-state index contributed by atoms with van der Waals surface area (Å²) in [5.41, 5.74) is 1.61. The van der Waals surface area contributed by atoms with Crippen molar-refractivity contribution >= 4 is 27.5 Å². The van der Waals surface area contributed by atoms with E-state index in [0.29, 0.717) is 10.7 Å². The van der Waals surface area contributed by atoms with Crippen molar-refractivity contribution in [3.8, 4) is 11.3 Å². The molecule has 0 saturated carbocycles. The largest absolute Gasteiger partial charge is 0.363 e. The first-order chi connectivity index (χ1) is 6.27. The van der Waals surface area contributed by atoms with Crippen molar-refractivity contribution in [3.05, 3.63) is 40.0 Å². The molecule has 0 aliphatic rings. The molecule has 0 amide bonds. The number of halogens is 2. The summed E-state index contributed by atoms with van der Waals surface area (Å²) in [5, 5.41) is 4.33. The van der Waals surface area contributed by atoms with Crippen LogP contribution in [0.15, 0.2) is 39.5 Å². The zero-order valence-electron chi connectivity index (χ0n) is 6.50. The number of aromatic nitrogens is 1. The molecule has 0 saturated heterocycles. The summed E-state index contributed by atoms with van der Waals surface area (Å²) < 4.78 is 5.73. The third-order valence-corrected chi connectivity index (χ3v) is 2.39. The Morgan fingerprint density at radius 1 is 1.38 bits per heavy atom. The molecule has 1 heterocycles. The van der Waals surface area contributed by atoms with E-state index >= 15 is 0 Å². The van der Waals surface area contributed by atoms with Crippen LogP contribution < -0.4 is 0 Å². The second kappa shape index (κ2) is 3.52. The molecule has 0 aliphatic heterocycles. The Bertz CT molecular complexity index is 427. The van der Waals surface area contributed by atoms with Crippen LogP contribution in [0.3, 0.4) is 0 Å². The minimum Gasteiger partial charge on any atom is -0.363 e. The van der Waals surface area contributed by atoms with E-state index in [-0.39, 0.29) is 0 Å². The van der Waals surface area contributed by atoms with Crippen molar-refractivity contribution in [1.29, 1.82) is 0 Å². The second-order valence-corrected chi connectivity index (χ2v) is 3.84. The summed E-state index contributed by atoms with van der Waals surface area (Å²) in [6, 6.07) is 7.72. The van der Waals surface area contributed by atoms with Crippen LogP contribution in [0, 0.1) is 0 Å². The van der Waals surface area contributed by atoms with Gasteiger partial charge in [0.05, 0.1) is 0 Å². The third kappa shape index (κ3) is 1.76. The average molecular weight is 259 g/mol. The van der Waals surface area contributed by atoms with Crippen LogP contribution in [0.25, 0.3) is 11.3 Å². The molecule has 0 unspecified atom stereocenters. The molecular weight excluding hydrogens is 253 g/mol. The van der Waals surface area contributed by atoms with Crippen LogP contribution >= 0.6 is 27.5 Å². The van der Waals surface area contributed by atoms with Crippen LogP contribution in [-0.4, -0.2) is 5.16 Å².